The molecule has 0 aliphatic rings. The summed E-state index contributed by atoms with van der Waals surface area (Å²) in [6.45, 7) is 12.9. The topological polar surface area (TPSA) is 59.8 Å². The van der Waals surface area contributed by atoms with Gasteiger partial charge in [0.2, 0.25) is 5.91 Å². The SMILES string of the molecule is C=CCn1c(SCC(=O)Nc2cccc(C)c2C)nnc1-c1csc(C(C)C)c1. The number of aryl methyl sites for hydroxylation is 1. The molecule has 0 spiro atoms. The van der Waals surface area contributed by atoms with E-state index in [9.17, 15) is 4.79 Å². The molecule has 0 aliphatic heterocycles. The van der Waals surface area contributed by atoms with Crippen LogP contribution in [0.3, 0.4) is 0 Å². The van der Waals surface area contributed by atoms with Crippen molar-refractivity contribution in [2.24, 2.45) is 0 Å². The summed E-state index contributed by atoms with van der Waals surface area (Å²) in [4.78, 5) is 13.8. The highest BCUT2D eigenvalue weighted by atomic mass is 32.2. The van der Waals surface area contributed by atoms with E-state index in [0.717, 1.165) is 28.2 Å². The zero-order valence-electron chi connectivity index (χ0n) is 17.2. The lowest BCUT2D eigenvalue weighted by atomic mass is 10.1. The highest BCUT2D eigenvalue weighted by Crippen LogP contribution is 2.31. The van der Waals surface area contributed by atoms with Crippen molar-refractivity contribution in [1.82, 2.24) is 14.8 Å². The molecule has 3 aromatic rings. The number of anilines is 1. The molecule has 5 nitrogen and oxygen atoms in total. The minimum Gasteiger partial charge on any atom is -0.325 e. The number of nitrogens with zero attached hydrogens (tertiary/aromatic N) is 3. The van der Waals surface area contributed by atoms with Crippen LogP contribution in [0.4, 0.5) is 5.69 Å². The van der Waals surface area contributed by atoms with Gasteiger partial charge in [0.1, 0.15) is 0 Å². The molecule has 1 amide bonds. The molecule has 7 heteroatoms. The predicted molar refractivity (Wildman–Crippen MR) is 123 cm³/mol. The first kappa shape index (κ1) is 21.3. The van der Waals surface area contributed by atoms with Gasteiger partial charge in [0.05, 0.1) is 5.75 Å². The number of benzene rings is 1. The third-order valence-corrected chi connectivity index (χ3v) is 6.89. The molecule has 0 fully saturated rings. The summed E-state index contributed by atoms with van der Waals surface area (Å²) in [5, 5.41) is 14.5. The van der Waals surface area contributed by atoms with Crippen LogP contribution in [0.2, 0.25) is 0 Å². The van der Waals surface area contributed by atoms with E-state index >= 15 is 0 Å². The first-order valence-corrected chi connectivity index (χ1v) is 11.4. The molecular formula is C22H26N4OS2. The van der Waals surface area contributed by atoms with Crippen LogP contribution in [0, 0.1) is 13.8 Å². The average molecular weight is 427 g/mol. The number of carbonyl (C=O) groups is 1. The molecule has 0 atom stereocenters. The van der Waals surface area contributed by atoms with Gasteiger partial charge in [-0.05, 0) is 43.0 Å². The smallest absolute Gasteiger partial charge is 0.234 e. The maximum Gasteiger partial charge on any atom is 0.234 e. The molecule has 152 valence electrons. The van der Waals surface area contributed by atoms with E-state index in [4.69, 9.17) is 0 Å². The third kappa shape index (κ3) is 4.97. The molecule has 2 heterocycles. The molecule has 29 heavy (non-hydrogen) atoms. The maximum atomic E-state index is 12.5. The second-order valence-electron chi connectivity index (χ2n) is 7.18. The van der Waals surface area contributed by atoms with Crippen LogP contribution < -0.4 is 5.32 Å². The van der Waals surface area contributed by atoms with Gasteiger partial charge in [-0.15, -0.1) is 28.1 Å². The van der Waals surface area contributed by atoms with Crippen LogP contribution >= 0.6 is 23.1 Å². The number of hydrogen-bond donors (Lipinski definition) is 1. The number of aromatic nitrogens is 3. The molecule has 1 N–H and O–H groups in total. The average Bonchev–Trinajstić information content (AvgIpc) is 3.31. The number of amides is 1. The van der Waals surface area contributed by atoms with E-state index in [1.54, 1.807) is 11.3 Å². The van der Waals surface area contributed by atoms with Crippen LogP contribution in [0.25, 0.3) is 11.4 Å². The Hall–Kier alpha value is -2.38. The fraction of sp³-hybridized carbons (Fsp3) is 0.318. The maximum absolute atomic E-state index is 12.5. The number of thiophene rings is 1. The van der Waals surface area contributed by atoms with Crippen molar-refractivity contribution in [1.29, 1.82) is 0 Å². The fourth-order valence-electron chi connectivity index (χ4n) is 2.88. The lowest BCUT2D eigenvalue weighted by molar-refractivity contribution is -0.113. The number of rotatable bonds is 8. The second kappa shape index (κ2) is 9.41. The van der Waals surface area contributed by atoms with Crippen molar-refractivity contribution in [2.45, 2.75) is 45.3 Å². The molecule has 0 aliphatic carbocycles. The van der Waals surface area contributed by atoms with E-state index < -0.39 is 0 Å². The van der Waals surface area contributed by atoms with Gasteiger partial charge in [-0.25, -0.2) is 0 Å². The first-order chi connectivity index (χ1) is 13.9. The number of nitrogens with one attached hydrogen (secondary N) is 1. The molecular weight excluding hydrogens is 400 g/mol. The molecule has 3 rings (SSSR count). The lowest BCUT2D eigenvalue weighted by Gasteiger charge is -2.10. The summed E-state index contributed by atoms with van der Waals surface area (Å²) in [7, 11) is 0. The standard InChI is InChI=1S/C22H26N4OS2/c1-6-10-26-21(17-11-19(14(2)3)28-12-17)24-25-22(26)29-13-20(27)23-18-9-7-8-15(4)16(18)5/h6-9,11-12,14H,1,10,13H2,2-5H3,(H,23,27). The number of allylic oxidation sites excluding steroid dienone is 1. The van der Waals surface area contributed by atoms with Gasteiger partial charge < -0.3 is 5.32 Å². The van der Waals surface area contributed by atoms with Crippen LogP contribution in [0.5, 0.6) is 0 Å². The molecule has 1 aromatic carbocycles. The zero-order valence-corrected chi connectivity index (χ0v) is 18.9. The third-order valence-electron chi connectivity index (χ3n) is 4.69. The van der Waals surface area contributed by atoms with E-state index in [1.807, 2.05) is 42.7 Å². The van der Waals surface area contributed by atoms with Crippen LogP contribution in [0.1, 0.15) is 35.8 Å². The summed E-state index contributed by atoms with van der Waals surface area (Å²) in [6.07, 6.45) is 1.82. The fourth-order valence-corrected chi connectivity index (χ4v) is 4.53. The number of carbonyl (C=O) groups excluding carboxylic acids is 1. The molecule has 2 aromatic heterocycles. The lowest BCUT2D eigenvalue weighted by Crippen LogP contribution is -2.15. The summed E-state index contributed by atoms with van der Waals surface area (Å²) in [5.74, 6) is 1.50. The normalized spacial score (nSPS) is 11.1. The Labute approximate surface area is 180 Å². The number of thioether (sulfide) groups is 1. The second-order valence-corrected chi connectivity index (χ2v) is 9.07. The Bertz CT molecular complexity index is 1020. The van der Waals surface area contributed by atoms with Crippen LogP contribution in [0.15, 0.2) is 47.5 Å². The van der Waals surface area contributed by atoms with Gasteiger partial charge in [-0.3, -0.25) is 9.36 Å². The minimum atomic E-state index is -0.0592. The molecule has 0 unspecified atom stereocenters. The van der Waals surface area contributed by atoms with Crippen LogP contribution in [-0.4, -0.2) is 26.4 Å². The molecule has 0 saturated carbocycles. The van der Waals surface area contributed by atoms with E-state index in [-0.39, 0.29) is 11.7 Å². The Kier molecular flexibility index (Phi) is 6.92. The minimum absolute atomic E-state index is 0.0592. The summed E-state index contributed by atoms with van der Waals surface area (Å²) < 4.78 is 2.01. The largest absolute Gasteiger partial charge is 0.325 e. The molecule has 0 bridgehead atoms. The van der Waals surface area contributed by atoms with Crippen molar-refractivity contribution in [3.63, 3.8) is 0 Å². The summed E-state index contributed by atoms with van der Waals surface area (Å²) in [5.41, 5.74) is 4.15. The van der Waals surface area contributed by atoms with Gasteiger partial charge in [-0.2, -0.15) is 0 Å². The Balaban J connectivity index is 1.73. The van der Waals surface area contributed by atoms with Gasteiger partial charge in [0.25, 0.3) is 0 Å². The summed E-state index contributed by atoms with van der Waals surface area (Å²) in [6, 6.07) is 8.07. The Morgan fingerprint density at radius 1 is 1.34 bits per heavy atom. The van der Waals surface area contributed by atoms with Gasteiger partial charge >= 0.3 is 0 Å². The monoisotopic (exact) mass is 426 g/mol. The Morgan fingerprint density at radius 3 is 2.83 bits per heavy atom. The van der Waals surface area contributed by atoms with E-state index in [1.165, 1.54) is 16.6 Å². The highest BCUT2D eigenvalue weighted by Gasteiger charge is 2.17. The Morgan fingerprint density at radius 2 is 2.14 bits per heavy atom. The van der Waals surface area contributed by atoms with Crippen molar-refractivity contribution >= 4 is 34.7 Å². The van der Waals surface area contributed by atoms with Crippen molar-refractivity contribution < 1.29 is 4.79 Å². The van der Waals surface area contributed by atoms with Gasteiger partial charge in [0.15, 0.2) is 11.0 Å². The van der Waals surface area contributed by atoms with E-state index in [0.29, 0.717) is 17.6 Å². The van der Waals surface area contributed by atoms with Gasteiger partial charge in [-0.1, -0.05) is 43.8 Å². The predicted octanol–water partition coefficient (Wildman–Crippen LogP) is 5.66. The van der Waals surface area contributed by atoms with Crippen molar-refractivity contribution in [3.8, 4) is 11.4 Å². The van der Waals surface area contributed by atoms with Crippen molar-refractivity contribution in [3.05, 3.63) is 58.3 Å². The summed E-state index contributed by atoms with van der Waals surface area (Å²) >= 11 is 3.12. The van der Waals surface area contributed by atoms with Gasteiger partial charge in [0, 0.05) is 28.1 Å². The zero-order chi connectivity index (χ0) is 21.0. The number of hydrogen-bond acceptors (Lipinski definition) is 5. The molecule has 0 saturated heterocycles. The van der Waals surface area contributed by atoms with E-state index in [2.05, 4.69) is 47.4 Å². The quantitative estimate of drug-likeness (QED) is 0.373. The first-order valence-electron chi connectivity index (χ1n) is 9.52. The van der Waals surface area contributed by atoms with Crippen molar-refractivity contribution in [2.75, 3.05) is 11.1 Å². The molecule has 0 radical (unpaired) electrons. The highest BCUT2D eigenvalue weighted by molar-refractivity contribution is 7.99. The van der Waals surface area contributed by atoms with Crippen LogP contribution in [-0.2, 0) is 11.3 Å².